The van der Waals surface area contributed by atoms with E-state index in [-0.39, 0.29) is 17.5 Å². The van der Waals surface area contributed by atoms with Gasteiger partial charge in [0.05, 0.1) is 11.6 Å². The maximum Gasteiger partial charge on any atom is 0.239 e. The molecule has 0 saturated carbocycles. The number of anilines is 2. The lowest BCUT2D eigenvalue weighted by Gasteiger charge is -2.35. The third-order valence-corrected chi connectivity index (χ3v) is 3.93. The lowest BCUT2D eigenvalue weighted by Crippen LogP contribution is -2.49. The first kappa shape index (κ1) is 16.7. The number of carbonyl (C=O) groups is 1. The first-order chi connectivity index (χ1) is 11.5. The predicted molar refractivity (Wildman–Crippen MR) is 87.7 cm³/mol. The molecule has 2 aromatic heterocycles. The summed E-state index contributed by atoms with van der Waals surface area (Å²) in [5.41, 5.74) is 0. The van der Waals surface area contributed by atoms with Gasteiger partial charge < -0.3 is 14.7 Å². The zero-order chi connectivity index (χ0) is 17.1. The number of nitrogens with zero attached hydrogens (tertiary/aromatic N) is 4. The summed E-state index contributed by atoms with van der Waals surface area (Å²) < 4.78 is 18.8. The molecule has 128 valence electrons. The molecule has 1 saturated heterocycles. The van der Waals surface area contributed by atoms with Gasteiger partial charge in [-0.1, -0.05) is 16.8 Å². The van der Waals surface area contributed by atoms with Gasteiger partial charge in [0.25, 0.3) is 0 Å². The Morgan fingerprint density at radius 2 is 2.12 bits per heavy atom. The first-order valence-electron chi connectivity index (χ1n) is 7.53. The number of aryl methyl sites for hydroxylation is 1. The SMILES string of the molecule is Cc1cc(NC(=O)CN2CCN(c3ncc(Cl)cc3F)CC2)no1. The van der Waals surface area contributed by atoms with Crippen molar-refractivity contribution in [1.82, 2.24) is 15.0 Å². The monoisotopic (exact) mass is 353 g/mol. The highest BCUT2D eigenvalue weighted by molar-refractivity contribution is 6.30. The summed E-state index contributed by atoms with van der Waals surface area (Å²) in [6.07, 6.45) is 1.43. The summed E-state index contributed by atoms with van der Waals surface area (Å²) in [6.45, 7) is 4.44. The number of amides is 1. The second kappa shape index (κ2) is 7.14. The van der Waals surface area contributed by atoms with Gasteiger partial charge in [-0.05, 0) is 13.0 Å². The fraction of sp³-hybridized carbons (Fsp3) is 0.400. The molecule has 0 unspecified atom stereocenters. The minimum absolute atomic E-state index is 0.160. The van der Waals surface area contributed by atoms with Gasteiger partial charge >= 0.3 is 0 Å². The highest BCUT2D eigenvalue weighted by Gasteiger charge is 2.22. The molecular weight excluding hydrogens is 337 g/mol. The zero-order valence-corrected chi connectivity index (χ0v) is 13.9. The van der Waals surface area contributed by atoms with E-state index in [2.05, 4.69) is 15.5 Å². The molecule has 1 fully saturated rings. The van der Waals surface area contributed by atoms with Gasteiger partial charge in [0.1, 0.15) is 5.76 Å². The van der Waals surface area contributed by atoms with Crippen LogP contribution >= 0.6 is 11.6 Å². The van der Waals surface area contributed by atoms with Gasteiger partial charge in [-0.15, -0.1) is 0 Å². The maximum absolute atomic E-state index is 13.9. The summed E-state index contributed by atoms with van der Waals surface area (Å²) >= 11 is 5.72. The number of hydrogen-bond donors (Lipinski definition) is 1. The highest BCUT2D eigenvalue weighted by atomic mass is 35.5. The summed E-state index contributed by atoms with van der Waals surface area (Å²) in [5, 5.41) is 6.68. The molecular formula is C15H17ClFN5O2. The lowest BCUT2D eigenvalue weighted by atomic mass is 10.3. The van der Waals surface area contributed by atoms with Crippen LogP contribution in [0, 0.1) is 12.7 Å². The Morgan fingerprint density at radius 3 is 2.75 bits per heavy atom. The molecule has 9 heteroatoms. The average Bonchev–Trinajstić information content (AvgIpc) is 2.93. The average molecular weight is 354 g/mol. The van der Waals surface area contributed by atoms with Crippen molar-refractivity contribution in [2.45, 2.75) is 6.92 Å². The number of aromatic nitrogens is 2. The van der Waals surface area contributed by atoms with E-state index < -0.39 is 5.82 Å². The lowest BCUT2D eigenvalue weighted by molar-refractivity contribution is -0.117. The predicted octanol–water partition coefficient (Wildman–Crippen LogP) is 1.93. The molecule has 3 heterocycles. The molecule has 0 spiro atoms. The number of carbonyl (C=O) groups excluding carboxylic acids is 1. The summed E-state index contributed by atoms with van der Waals surface area (Å²) in [4.78, 5) is 19.9. The van der Waals surface area contributed by atoms with Gasteiger partial charge in [0, 0.05) is 38.4 Å². The van der Waals surface area contributed by atoms with Gasteiger partial charge in [0.15, 0.2) is 17.5 Å². The Bertz CT molecular complexity index is 730. The molecule has 24 heavy (non-hydrogen) atoms. The maximum atomic E-state index is 13.9. The van der Waals surface area contributed by atoms with E-state index >= 15 is 0 Å². The largest absolute Gasteiger partial charge is 0.360 e. The molecule has 1 aliphatic rings. The van der Waals surface area contributed by atoms with E-state index in [4.69, 9.17) is 16.1 Å². The number of hydrogen-bond acceptors (Lipinski definition) is 6. The van der Waals surface area contributed by atoms with Crippen molar-refractivity contribution in [2.24, 2.45) is 0 Å². The molecule has 1 amide bonds. The highest BCUT2D eigenvalue weighted by Crippen LogP contribution is 2.20. The van der Waals surface area contributed by atoms with Gasteiger partial charge in [-0.2, -0.15) is 0 Å². The van der Waals surface area contributed by atoms with E-state index in [1.807, 2.05) is 9.80 Å². The number of pyridine rings is 1. The second-order valence-electron chi connectivity index (χ2n) is 5.59. The Hall–Kier alpha value is -2.19. The molecule has 0 aliphatic carbocycles. The molecule has 0 radical (unpaired) electrons. The topological polar surface area (TPSA) is 74.5 Å². The quantitative estimate of drug-likeness (QED) is 0.905. The van der Waals surface area contributed by atoms with E-state index in [0.717, 1.165) is 0 Å². The second-order valence-corrected chi connectivity index (χ2v) is 6.03. The molecule has 2 aromatic rings. The van der Waals surface area contributed by atoms with Crippen molar-refractivity contribution in [3.63, 3.8) is 0 Å². The molecule has 0 bridgehead atoms. The van der Waals surface area contributed by atoms with Crippen molar-refractivity contribution in [3.8, 4) is 0 Å². The van der Waals surface area contributed by atoms with Crippen LogP contribution in [0.3, 0.4) is 0 Å². The van der Waals surface area contributed by atoms with E-state index in [1.54, 1.807) is 13.0 Å². The smallest absolute Gasteiger partial charge is 0.239 e. The fourth-order valence-corrected chi connectivity index (χ4v) is 2.71. The minimum Gasteiger partial charge on any atom is -0.360 e. The van der Waals surface area contributed by atoms with Crippen LogP contribution in [-0.4, -0.2) is 53.7 Å². The van der Waals surface area contributed by atoms with Gasteiger partial charge in [0.2, 0.25) is 5.91 Å². The Morgan fingerprint density at radius 1 is 1.38 bits per heavy atom. The first-order valence-corrected chi connectivity index (χ1v) is 7.90. The zero-order valence-electron chi connectivity index (χ0n) is 13.1. The Kier molecular flexibility index (Phi) is 4.96. The van der Waals surface area contributed by atoms with Crippen LogP contribution in [0.5, 0.6) is 0 Å². The number of piperazine rings is 1. The van der Waals surface area contributed by atoms with Crippen LogP contribution in [-0.2, 0) is 4.79 Å². The number of rotatable bonds is 4. The van der Waals surface area contributed by atoms with Crippen molar-refractivity contribution >= 4 is 29.1 Å². The van der Waals surface area contributed by atoms with Gasteiger partial charge in [-0.3, -0.25) is 9.69 Å². The third kappa shape index (κ3) is 4.01. The van der Waals surface area contributed by atoms with Crippen molar-refractivity contribution in [3.05, 3.63) is 34.9 Å². The molecule has 0 atom stereocenters. The van der Waals surface area contributed by atoms with Crippen molar-refractivity contribution in [2.75, 3.05) is 42.9 Å². The Labute approximate surface area is 143 Å². The van der Waals surface area contributed by atoms with Gasteiger partial charge in [-0.25, -0.2) is 9.37 Å². The summed E-state index contributed by atoms with van der Waals surface area (Å²) in [5.74, 6) is 0.740. The summed E-state index contributed by atoms with van der Waals surface area (Å²) in [7, 11) is 0. The third-order valence-electron chi connectivity index (χ3n) is 3.72. The molecule has 3 rings (SSSR count). The molecule has 0 aromatic carbocycles. The van der Waals surface area contributed by atoms with E-state index in [1.165, 1.54) is 12.3 Å². The van der Waals surface area contributed by atoms with Crippen LogP contribution in [0.15, 0.2) is 22.9 Å². The molecule has 1 aliphatic heterocycles. The van der Waals surface area contributed by atoms with E-state index in [0.29, 0.717) is 43.6 Å². The standard InChI is InChI=1S/C15H17ClFN5O2/c1-10-6-13(20-24-10)19-14(23)9-21-2-4-22(5-3-21)15-12(17)7-11(16)8-18-15/h6-8H,2-5,9H2,1H3,(H,19,20,23). The van der Waals surface area contributed by atoms with Crippen LogP contribution in [0.2, 0.25) is 5.02 Å². The van der Waals surface area contributed by atoms with Crippen LogP contribution in [0.1, 0.15) is 5.76 Å². The summed E-state index contributed by atoms with van der Waals surface area (Å²) in [6, 6.07) is 2.91. The Balaban J connectivity index is 1.50. The van der Waals surface area contributed by atoms with Crippen LogP contribution in [0.4, 0.5) is 16.0 Å². The van der Waals surface area contributed by atoms with Crippen molar-refractivity contribution in [1.29, 1.82) is 0 Å². The molecule has 1 N–H and O–H groups in total. The van der Waals surface area contributed by atoms with Crippen LogP contribution < -0.4 is 10.2 Å². The van der Waals surface area contributed by atoms with E-state index in [9.17, 15) is 9.18 Å². The minimum atomic E-state index is -0.435. The molecule has 7 nitrogen and oxygen atoms in total. The van der Waals surface area contributed by atoms with Crippen LogP contribution in [0.25, 0.3) is 0 Å². The number of nitrogens with one attached hydrogen (secondary N) is 1. The van der Waals surface area contributed by atoms with Crippen molar-refractivity contribution < 1.29 is 13.7 Å². The normalized spacial score (nSPS) is 15.5. The fourth-order valence-electron chi connectivity index (χ4n) is 2.57. The number of halogens is 2.